The number of carbonyl (C=O) groups excluding carboxylic acids is 1. The minimum Gasteiger partial charge on any atom is -0.466 e. The molecule has 1 aliphatic carbocycles. The standard InChI is InChI=1S/C10H13NO2/c1-2-13-10(12)9-6-4-3-5-8(9)7-11/h3-4,8-9H,2,5-6H2,1H3/t8-,9-/m1/s1. The highest BCUT2D eigenvalue weighted by Crippen LogP contribution is 2.25. The summed E-state index contributed by atoms with van der Waals surface area (Å²) in [5.41, 5.74) is 0. The zero-order valence-corrected chi connectivity index (χ0v) is 7.69. The topological polar surface area (TPSA) is 50.1 Å². The molecule has 2 atom stereocenters. The van der Waals surface area contributed by atoms with E-state index in [0.29, 0.717) is 19.4 Å². The maximum Gasteiger partial charge on any atom is 0.310 e. The fourth-order valence-electron chi connectivity index (χ4n) is 1.47. The normalized spacial score (nSPS) is 26.5. The van der Waals surface area contributed by atoms with Crippen LogP contribution in [0, 0.1) is 23.2 Å². The Balaban J connectivity index is 2.61. The van der Waals surface area contributed by atoms with Crippen molar-refractivity contribution in [1.29, 1.82) is 5.26 Å². The van der Waals surface area contributed by atoms with Crippen LogP contribution in [0.2, 0.25) is 0 Å². The molecule has 0 aromatic heterocycles. The van der Waals surface area contributed by atoms with E-state index in [-0.39, 0.29) is 17.8 Å². The third kappa shape index (κ3) is 2.32. The number of esters is 1. The van der Waals surface area contributed by atoms with E-state index in [1.54, 1.807) is 6.92 Å². The first kappa shape index (κ1) is 9.79. The number of nitrogens with zero attached hydrogens (tertiary/aromatic N) is 1. The van der Waals surface area contributed by atoms with Crippen LogP contribution in [0.3, 0.4) is 0 Å². The predicted molar refractivity (Wildman–Crippen MR) is 47.6 cm³/mol. The first-order chi connectivity index (χ1) is 6.29. The van der Waals surface area contributed by atoms with Crippen LogP contribution in [0.1, 0.15) is 19.8 Å². The zero-order chi connectivity index (χ0) is 9.68. The van der Waals surface area contributed by atoms with Gasteiger partial charge >= 0.3 is 5.97 Å². The highest BCUT2D eigenvalue weighted by atomic mass is 16.5. The third-order valence-electron chi connectivity index (χ3n) is 2.19. The first-order valence-electron chi connectivity index (χ1n) is 4.50. The Bertz CT molecular complexity index is 252. The van der Waals surface area contributed by atoms with Crippen molar-refractivity contribution in [3.63, 3.8) is 0 Å². The molecular formula is C10H13NO2. The van der Waals surface area contributed by atoms with Crippen molar-refractivity contribution in [2.45, 2.75) is 19.8 Å². The van der Waals surface area contributed by atoms with E-state index in [9.17, 15) is 4.79 Å². The maximum absolute atomic E-state index is 11.4. The van der Waals surface area contributed by atoms with Crippen molar-refractivity contribution in [2.75, 3.05) is 6.61 Å². The number of hydrogen-bond donors (Lipinski definition) is 0. The summed E-state index contributed by atoms with van der Waals surface area (Å²) in [6.07, 6.45) is 5.19. The van der Waals surface area contributed by atoms with Crippen molar-refractivity contribution in [2.24, 2.45) is 11.8 Å². The number of ether oxygens (including phenoxy) is 1. The lowest BCUT2D eigenvalue weighted by Crippen LogP contribution is -2.26. The molecule has 0 amide bonds. The Labute approximate surface area is 78.0 Å². The van der Waals surface area contributed by atoms with Gasteiger partial charge in [0.15, 0.2) is 0 Å². The molecule has 3 heteroatoms. The van der Waals surface area contributed by atoms with E-state index in [4.69, 9.17) is 10.00 Å². The summed E-state index contributed by atoms with van der Waals surface area (Å²) in [6.45, 7) is 2.16. The van der Waals surface area contributed by atoms with Crippen molar-refractivity contribution in [3.8, 4) is 6.07 Å². The van der Waals surface area contributed by atoms with Gasteiger partial charge < -0.3 is 4.74 Å². The lowest BCUT2D eigenvalue weighted by Gasteiger charge is -2.20. The monoisotopic (exact) mass is 179 g/mol. The molecule has 1 aliphatic rings. The van der Waals surface area contributed by atoms with Crippen LogP contribution in [0.4, 0.5) is 0 Å². The van der Waals surface area contributed by atoms with Crippen molar-refractivity contribution < 1.29 is 9.53 Å². The smallest absolute Gasteiger partial charge is 0.310 e. The fraction of sp³-hybridized carbons (Fsp3) is 0.600. The largest absolute Gasteiger partial charge is 0.466 e. The van der Waals surface area contributed by atoms with Crippen LogP contribution < -0.4 is 0 Å². The molecule has 0 aliphatic heterocycles. The number of allylic oxidation sites excluding steroid dienone is 2. The van der Waals surface area contributed by atoms with Gasteiger partial charge in [-0.2, -0.15) is 5.26 Å². The molecule has 13 heavy (non-hydrogen) atoms. The molecular weight excluding hydrogens is 166 g/mol. The van der Waals surface area contributed by atoms with Gasteiger partial charge in [0, 0.05) is 0 Å². The van der Waals surface area contributed by atoms with Crippen LogP contribution in [0.5, 0.6) is 0 Å². The maximum atomic E-state index is 11.4. The Morgan fingerprint density at radius 2 is 2.31 bits per heavy atom. The van der Waals surface area contributed by atoms with Crippen LogP contribution in [0.15, 0.2) is 12.2 Å². The molecule has 0 unspecified atom stereocenters. The van der Waals surface area contributed by atoms with Crippen molar-refractivity contribution >= 4 is 5.97 Å². The predicted octanol–water partition coefficient (Wildman–Crippen LogP) is 1.66. The third-order valence-corrected chi connectivity index (χ3v) is 2.19. The Kier molecular flexibility index (Phi) is 3.51. The lowest BCUT2D eigenvalue weighted by molar-refractivity contribution is -0.149. The number of hydrogen-bond acceptors (Lipinski definition) is 3. The average molecular weight is 179 g/mol. The van der Waals surface area contributed by atoms with E-state index in [0.717, 1.165) is 0 Å². The quantitative estimate of drug-likeness (QED) is 0.478. The zero-order valence-electron chi connectivity index (χ0n) is 7.69. The summed E-state index contributed by atoms with van der Waals surface area (Å²) in [6, 6.07) is 2.14. The molecule has 0 bridgehead atoms. The second-order valence-electron chi connectivity index (χ2n) is 3.04. The number of rotatable bonds is 2. The van der Waals surface area contributed by atoms with E-state index < -0.39 is 0 Å². The van der Waals surface area contributed by atoms with Crippen LogP contribution >= 0.6 is 0 Å². The molecule has 0 spiro atoms. The Morgan fingerprint density at radius 1 is 1.62 bits per heavy atom. The van der Waals surface area contributed by atoms with Gasteiger partial charge in [0.25, 0.3) is 0 Å². The molecule has 0 aromatic carbocycles. The second-order valence-corrected chi connectivity index (χ2v) is 3.04. The molecule has 70 valence electrons. The van der Waals surface area contributed by atoms with Gasteiger partial charge in [-0.25, -0.2) is 0 Å². The minimum absolute atomic E-state index is 0.205. The van der Waals surface area contributed by atoms with Crippen molar-refractivity contribution in [3.05, 3.63) is 12.2 Å². The van der Waals surface area contributed by atoms with Gasteiger partial charge in [0.05, 0.1) is 24.5 Å². The van der Waals surface area contributed by atoms with E-state index in [1.807, 2.05) is 12.2 Å². The SMILES string of the molecule is CCOC(=O)[C@@H]1CC=CC[C@@H]1C#N. The highest BCUT2D eigenvalue weighted by molar-refractivity contribution is 5.73. The van der Waals surface area contributed by atoms with Crippen LogP contribution in [0.25, 0.3) is 0 Å². The minimum atomic E-state index is -0.255. The first-order valence-corrected chi connectivity index (χ1v) is 4.50. The Morgan fingerprint density at radius 3 is 2.92 bits per heavy atom. The van der Waals surface area contributed by atoms with Gasteiger partial charge in [-0.1, -0.05) is 12.2 Å². The lowest BCUT2D eigenvalue weighted by atomic mass is 9.84. The molecule has 0 saturated carbocycles. The molecule has 0 aromatic rings. The molecule has 0 radical (unpaired) electrons. The summed E-state index contributed by atoms with van der Waals surface area (Å²) in [5.74, 6) is -0.697. The number of nitriles is 1. The van der Waals surface area contributed by atoms with Gasteiger partial charge in [-0.3, -0.25) is 4.79 Å². The van der Waals surface area contributed by atoms with E-state index in [2.05, 4.69) is 6.07 Å². The summed E-state index contributed by atoms with van der Waals surface area (Å²) in [5, 5.41) is 8.79. The highest BCUT2D eigenvalue weighted by Gasteiger charge is 2.29. The van der Waals surface area contributed by atoms with E-state index in [1.165, 1.54) is 0 Å². The van der Waals surface area contributed by atoms with Crippen molar-refractivity contribution in [1.82, 2.24) is 0 Å². The molecule has 1 rings (SSSR count). The summed E-state index contributed by atoms with van der Waals surface area (Å²) in [7, 11) is 0. The summed E-state index contributed by atoms with van der Waals surface area (Å²) >= 11 is 0. The van der Waals surface area contributed by atoms with Gasteiger partial charge in [-0.15, -0.1) is 0 Å². The number of carbonyl (C=O) groups is 1. The molecule has 3 nitrogen and oxygen atoms in total. The average Bonchev–Trinajstić information content (AvgIpc) is 2.18. The second kappa shape index (κ2) is 4.66. The summed E-state index contributed by atoms with van der Waals surface area (Å²) < 4.78 is 4.89. The fourth-order valence-corrected chi connectivity index (χ4v) is 1.47. The van der Waals surface area contributed by atoms with Crippen LogP contribution in [-0.4, -0.2) is 12.6 Å². The summed E-state index contributed by atoms with van der Waals surface area (Å²) in [4.78, 5) is 11.4. The van der Waals surface area contributed by atoms with Gasteiger partial charge in [-0.05, 0) is 19.8 Å². The molecule has 0 fully saturated rings. The van der Waals surface area contributed by atoms with E-state index >= 15 is 0 Å². The van der Waals surface area contributed by atoms with Gasteiger partial charge in [0.1, 0.15) is 0 Å². The van der Waals surface area contributed by atoms with Crippen LogP contribution in [-0.2, 0) is 9.53 Å². The molecule has 0 saturated heterocycles. The molecule has 0 heterocycles. The Hall–Kier alpha value is -1.30. The molecule has 0 N–H and O–H groups in total. The van der Waals surface area contributed by atoms with Gasteiger partial charge in [0.2, 0.25) is 0 Å².